The fourth-order valence-corrected chi connectivity index (χ4v) is 7.54. The van der Waals surface area contributed by atoms with Gasteiger partial charge >= 0.3 is 19.8 Å². The molecule has 1 rings (SSSR count). The second-order valence-electron chi connectivity index (χ2n) is 15.5. The van der Waals surface area contributed by atoms with Gasteiger partial charge in [-0.3, -0.25) is 18.6 Å². The minimum Gasteiger partial charge on any atom is -0.462 e. The molecule has 0 aromatic carbocycles. The SMILES string of the molecule is CC/C=C\C/C=C\C/C=C\C/C=C\CCCCCCC(=O)OC(COC(=O)CCCCCCCCCCCCCCC)COP(=O)(O)OC1C(O)C(O)C(O)C(O)C1O. The Morgan fingerprint density at radius 2 is 0.966 bits per heavy atom. The lowest BCUT2D eigenvalue weighted by Crippen LogP contribution is -2.64. The number of hydrogen-bond donors (Lipinski definition) is 6. The van der Waals surface area contributed by atoms with Crippen molar-refractivity contribution in [1.82, 2.24) is 0 Å². The molecule has 6 N–H and O–H groups in total. The fraction of sp³-hybridized carbons (Fsp3) is 0.778. The van der Waals surface area contributed by atoms with E-state index >= 15 is 0 Å². The molecule has 1 saturated carbocycles. The number of rotatable bonds is 36. The van der Waals surface area contributed by atoms with Crippen LogP contribution >= 0.6 is 7.82 Å². The maximum atomic E-state index is 12.8. The van der Waals surface area contributed by atoms with Crippen LogP contribution in [0, 0.1) is 0 Å². The molecule has 0 aromatic rings. The smallest absolute Gasteiger partial charge is 0.462 e. The van der Waals surface area contributed by atoms with Gasteiger partial charge in [-0.2, -0.15) is 0 Å². The third-order valence-corrected chi connectivity index (χ3v) is 11.2. The van der Waals surface area contributed by atoms with Gasteiger partial charge < -0.3 is 39.9 Å². The molecule has 59 heavy (non-hydrogen) atoms. The highest BCUT2D eigenvalue weighted by Crippen LogP contribution is 2.47. The Kier molecular flexibility index (Phi) is 32.9. The van der Waals surface area contributed by atoms with Gasteiger partial charge in [0, 0.05) is 12.8 Å². The van der Waals surface area contributed by atoms with Crippen molar-refractivity contribution < 1.29 is 63.1 Å². The van der Waals surface area contributed by atoms with Crippen LogP contribution in [0.15, 0.2) is 48.6 Å². The maximum Gasteiger partial charge on any atom is 0.472 e. The van der Waals surface area contributed by atoms with Gasteiger partial charge in [0.1, 0.15) is 43.2 Å². The van der Waals surface area contributed by atoms with Crippen molar-refractivity contribution >= 4 is 19.8 Å². The molecule has 342 valence electrons. The van der Waals surface area contributed by atoms with E-state index in [2.05, 4.69) is 62.5 Å². The summed E-state index contributed by atoms with van der Waals surface area (Å²) in [6, 6.07) is 0. The topological polar surface area (TPSA) is 210 Å². The summed E-state index contributed by atoms with van der Waals surface area (Å²) in [5.74, 6) is -1.13. The molecule has 1 aliphatic rings. The number of carbonyl (C=O) groups is 2. The molecule has 0 aromatic heterocycles. The van der Waals surface area contributed by atoms with Crippen LogP contribution in [0.5, 0.6) is 0 Å². The molecule has 6 unspecified atom stereocenters. The normalized spacial score (nSPS) is 22.8. The fourth-order valence-electron chi connectivity index (χ4n) is 6.57. The van der Waals surface area contributed by atoms with Gasteiger partial charge in [0.05, 0.1) is 6.61 Å². The van der Waals surface area contributed by atoms with E-state index in [9.17, 15) is 44.6 Å². The minimum absolute atomic E-state index is 0.0687. The highest BCUT2D eigenvalue weighted by atomic mass is 31.2. The Labute approximate surface area is 354 Å². The minimum atomic E-state index is -5.12. The van der Waals surface area contributed by atoms with Crippen LogP contribution in [0.3, 0.4) is 0 Å². The standard InChI is InChI=1S/C45H79O13P/c1-3-5-7-9-11-13-15-17-18-19-20-22-24-26-28-30-32-34-39(47)57-37(36-56-59(53,54)58-45-43(51)41(49)40(48)42(50)44(45)52)35-55-38(46)33-31-29-27-25-23-21-16-14-12-10-8-6-4-2/h5,7,11,13,17-18,20,22,37,40-45,48-52H,3-4,6,8-10,12,14-16,19,21,23-36H2,1-2H3,(H,53,54)/b7-5-,13-11-,18-17-,22-20-. The zero-order valence-corrected chi connectivity index (χ0v) is 36.9. The van der Waals surface area contributed by atoms with Crippen molar-refractivity contribution in [3.05, 3.63) is 48.6 Å². The molecule has 0 amide bonds. The second-order valence-corrected chi connectivity index (χ2v) is 16.9. The molecule has 0 saturated heterocycles. The molecular weight excluding hydrogens is 779 g/mol. The average Bonchev–Trinajstić information content (AvgIpc) is 3.21. The zero-order chi connectivity index (χ0) is 43.6. The van der Waals surface area contributed by atoms with Crippen LogP contribution in [-0.2, 0) is 32.7 Å². The lowest BCUT2D eigenvalue weighted by Gasteiger charge is -2.41. The Morgan fingerprint density at radius 1 is 0.542 bits per heavy atom. The maximum absolute atomic E-state index is 12.8. The Bertz CT molecular complexity index is 1220. The van der Waals surface area contributed by atoms with E-state index in [0.29, 0.717) is 12.8 Å². The van der Waals surface area contributed by atoms with Crippen LogP contribution in [0.1, 0.15) is 168 Å². The van der Waals surface area contributed by atoms with Crippen molar-refractivity contribution in [3.8, 4) is 0 Å². The summed E-state index contributed by atoms with van der Waals surface area (Å²) in [7, 11) is -5.12. The van der Waals surface area contributed by atoms with E-state index < -0.39 is 75.7 Å². The van der Waals surface area contributed by atoms with Gasteiger partial charge in [0.15, 0.2) is 6.10 Å². The number of unbranched alkanes of at least 4 members (excludes halogenated alkanes) is 16. The van der Waals surface area contributed by atoms with Gasteiger partial charge in [-0.05, 0) is 51.4 Å². The van der Waals surface area contributed by atoms with E-state index in [0.717, 1.165) is 70.6 Å². The lowest BCUT2D eigenvalue weighted by molar-refractivity contribution is -0.220. The average molecular weight is 859 g/mol. The number of esters is 2. The van der Waals surface area contributed by atoms with Gasteiger partial charge in [-0.15, -0.1) is 0 Å². The number of ether oxygens (including phenoxy) is 2. The van der Waals surface area contributed by atoms with E-state index in [4.69, 9.17) is 18.5 Å². The van der Waals surface area contributed by atoms with Crippen molar-refractivity contribution in [3.63, 3.8) is 0 Å². The monoisotopic (exact) mass is 859 g/mol. The summed E-state index contributed by atoms with van der Waals surface area (Å²) in [6.45, 7) is 3.15. The first-order valence-electron chi connectivity index (χ1n) is 22.4. The number of phosphoric acid groups is 1. The Balaban J connectivity index is 2.50. The first kappa shape index (κ1) is 54.8. The molecule has 6 atom stereocenters. The third-order valence-electron chi connectivity index (χ3n) is 10.2. The van der Waals surface area contributed by atoms with Crippen molar-refractivity contribution in [2.75, 3.05) is 13.2 Å². The molecule has 1 fully saturated rings. The van der Waals surface area contributed by atoms with Crippen LogP contribution < -0.4 is 0 Å². The van der Waals surface area contributed by atoms with E-state index in [-0.39, 0.29) is 12.8 Å². The number of aliphatic hydroxyl groups is 5. The lowest BCUT2D eigenvalue weighted by atomic mass is 9.85. The van der Waals surface area contributed by atoms with Crippen molar-refractivity contribution in [2.24, 2.45) is 0 Å². The Morgan fingerprint density at radius 3 is 1.47 bits per heavy atom. The first-order valence-corrected chi connectivity index (χ1v) is 23.9. The predicted molar refractivity (Wildman–Crippen MR) is 230 cm³/mol. The number of hydrogen-bond acceptors (Lipinski definition) is 12. The van der Waals surface area contributed by atoms with Gasteiger partial charge in [-0.1, -0.05) is 152 Å². The molecule has 0 heterocycles. The molecule has 13 nitrogen and oxygen atoms in total. The molecule has 0 spiro atoms. The summed E-state index contributed by atoms with van der Waals surface area (Å²) in [5.41, 5.74) is 0. The molecule has 0 radical (unpaired) electrons. The highest BCUT2D eigenvalue weighted by molar-refractivity contribution is 7.47. The van der Waals surface area contributed by atoms with E-state index in [1.165, 1.54) is 57.8 Å². The summed E-state index contributed by atoms with van der Waals surface area (Å²) in [4.78, 5) is 35.6. The summed E-state index contributed by atoms with van der Waals surface area (Å²) < 4.78 is 33.5. The largest absolute Gasteiger partial charge is 0.472 e. The second kappa shape index (κ2) is 35.4. The molecular formula is C45H79O13P. The zero-order valence-electron chi connectivity index (χ0n) is 36.0. The highest BCUT2D eigenvalue weighted by Gasteiger charge is 2.51. The number of carbonyl (C=O) groups excluding carboxylic acids is 2. The first-order chi connectivity index (χ1) is 28.4. The summed E-state index contributed by atoms with van der Waals surface area (Å²) >= 11 is 0. The van der Waals surface area contributed by atoms with Gasteiger partial charge in [0.25, 0.3) is 0 Å². The van der Waals surface area contributed by atoms with Crippen molar-refractivity contribution in [2.45, 2.75) is 211 Å². The quantitative estimate of drug-likeness (QED) is 0.0152. The third kappa shape index (κ3) is 28.1. The molecule has 0 aliphatic heterocycles. The van der Waals surface area contributed by atoms with Crippen LogP contribution in [-0.4, -0.2) is 98.3 Å². The van der Waals surface area contributed by atoms with Crippen molar-refractivity contribution in [1.29, 1.82) is 0 Å². The molecule has 1 aliphatic carbocycles. The molecule has 14 heteroatoms. The predicted octanol–water partition coefficient (Wildman–Crippen LogP) is 8.39. The molecule has 0 bridgehead atoms. The van der Waals surface area contributed by atoms with E-state index in [1.54, 1.807) is 0 Å². The van der Waals surface area contributed by atoms with Crippen LogP contribution in [0.25, 0.3) is 0 Å². The van der Waals surface area contributed by atoms with Gasteiger partial charge in [-0.25, -0.2) is 4.57 Å². The number of phosphoric ester groups is 1. The van der Waals surface area contributed by atoms with Crippen LogP contribution in [0.4, 0.5) is 0 Å². The number of allylic oxidation sites excluding steroid dienone is 8. The summed E-state index contributed by atoms with van der Waals surface area (Å²) in [6.07, 6.45) is 27.4. The summed E-state index contributed by atoms with van der Waals surface area (Å²) in [5, 5.41) is 50.1. The van der Waals surface area contributed by atoms with Gasteiger partial charge in [0.2, 0.25) is 0 Å². The van der Waals surface area contributed by atoms with Crippen LogP contribution in [0.2, 0.25) is 0 Å². The van der Waals surface area contributed by atoms with E-state index in [1.807, 2.05) is 0 Å². The Hall–Kier alpha value is -2.19. The number of aliphatic hydroxyl groups excluding tert-OH is 5.